The topological polar surface area (TPSA) is 52.1 Å². The first-order valence-corrected chi connectivity index (χ1v) is 9.17. The molecule has 1 aromatic carbocycles. The maximum atomic E-state index is 13.1. The Morgan fingerprint density at radius 2 is 2.08 bits per heavy atom. The van der Waals surface area contributed by atoms with Crippen LogP contribution < -0.4 is 0 Å². The van der Waals surface area contributed by atoms with E-state index in [4.69, 9.17) is 4.74 Å². The summed E-state index contributed by atoms with van der Waals surface area (Å²) in [7, 11) is 0. The number of benzene rings is 1. The molecule has 4 nitrogen and oxygen atoms in total. The van der Waals surface area contributed by atoms with Crippen LogP contribution in [-0.2, 0) is 9.53 Å². The third kappa shape index (κ3) is 2.89. The summed E-state index contributed by atoms with van der Waals surface area (Å²) < 4.78 is 19.2. The van der Waals surface area contributed by atoms with Gasteiger partial charge in [0.25, 0.3) is 0 Å². The summed E-state index contributed by atoms with van der Waals surface area (Å²) in [5, 5.41) is 0.559. The Morgan fingerprint density at radius 1 is 1.29 bits per heavy atom. The minimum atomic E-state index is -0.259. The number of esters is 1. The lowest BCUT2D eigenvalue weighted by Gasteiger charge is -2.04. The number of cyclic esters (lactones) is 1. The molecule has 7 heteroatoms. The summed E-state index contributed by atoms with van der Waals surface area (Å²) >= 11 is 2.98. The number of thiophene rings is 1. The van der Waals surface area contributed by atoms with Crippen molar-refractivity contribution in [3.8, 4) is 10.4 Å². The zero-order valence-electron chi connectivity index (χ0n) is 12.7. The van der Waals surface area contributed by atoms with Crippen molar-refractivity contribution in [1.82, 2.24) is 9.97 Å². The van der Waals surface area contributed by atoms with E-state index < -0.39 is 0 Å². The quantitative estimate of drug-likeness (QED) is 0.515. The Kier molecular flexibility index (Phi) is 3.97. The highest BCUT2D eigenvalue weighted by atomic mass is 32.2. The number of thioether (sulfide) groups is 1. The molecule has 3 heterocycles. The van der Waals surface area contributed by atoms with E-state index in [0.29, 0.717) is 6.42 Å². The molecular formula is C17H13FN2O2S2. The summed E-state index contributed by atoms with van der Waals surface area (Å²) in [5.74, 6) is -0.445. The number of carbonyl (C=O) groups is 1. The lowest BCUT2D eigenvalue weighted by Crippen LogP contribution is -2.09. The van der Waals surface area contributed by atoms with Gasteiger partial charge < -0.3 is 4.74 Å². The fraction of sp³-hybridized carbons (Fsp3) is 0.235. The van der Waals surface area contributed by atoms with E-state index >= 15 is 0 Å². The third-order valence-corrected chi connectivity index (χ3v) is 6.30. The van der Waals surface area contributed by atoms with Gasteiger partial charge in [-0.05, 0) is 30.7 Å². The molecule has 0 aliphatic carbocycles. The molecule has 0 unspecified atom stereocenters. The largest absolute Gasteiger partial charge is 0.462 e. The van der Waals surface area contributed by atoms with Crippen LogP contribution in [-0.4, -0.2) is 27.3 Å². The van der Waals surface area contributed by atoms with Gasteiger partial charge in [-0.25, -0.2) is 14.4 Å². The molecule has 2 atom stereocenters. The molecular weight excluding hydrogens is 347 g/mol. The molecule has 122 valence electrons. The van der Waals surface area contributed by atoms with Crippen LogP contribution in [0.4, 0.5) is 4.39 Å². The predicted octanol–water partition coefficient (Wildman–Crippen LogP) is 4.29. The van der Waals surface area contributed by atoms with Gasteiger partial charge in [-0.2, -0.15) is 0 Å². The van der Waals surface area contributed by atoms with Crippen LogP contribution in [0.15, 0.2) is 41.7 Å². The van der Waals surface area contributed by atoms with Crippen molar-refractivity contribution < 1.29 is 13.9 Å². The number of carbonyl (C=O) groups excluding carboxylic acids is 1. The maximum Gasteiger partial charge on any atom is 0.319 e. The molecule has 24 heavy (non-hydrogen) atoms. The highest BCUT2D eigenvalue weighted by Gasteiger charge is 2.33. The van der Waals surface area contributed by atoms with E-state index in [1.807, 2.05) is 13.0 Å². The first kappa shape index (κ1) is 15.5. The highest BCUT2D eigenvalue weighted by Crippen LogP contribution is 2.40. The van der Waals surface area contributed by atoms with E-state index in [9.17, 15) is 9.18 Å². The van der Waals surface area contributed by atoms with Crippen molar-refractivity contribution in [3.05, 3.63) is 42.5 Å². The number of rotatable bonds is 3. The third-order valence-electron chi connectivity index (χ3n) is 3.79. The zero-order chi connectivity index (χ0) is 16.7. The fourth-order valence-corrected chi connectivity index (χ4v) is 5.00. The van der Waals surface area contributed by atoms with Crippen LogP contribution in [0, 0.1) is 5.82 Å². The molecule has 0 N–H and O–H groups in total. The van der Waals surface area contributed by atoms with Gasteiger partial charge in [0.15, 0.2) is 0 Å². The van der Waals surface area contributed by atoms with Crippen LogP contribution in [0.3, 0.4) is 0 Å². The second-order valence-electron chi connectivity index (χ2n) is 5.60. The molecule has 4 rings (SSSR count). The molecule has 0 bridgehead atoms. The Labute approximate surface area is 146 Å². The molecule has 1 aliphatic rings. The second kappa shape index (κ2) is 6.14. The molecule has 3 aromatic rings. The molecule has 1 aliphatic heterocycles. The van der Waals surface area contributed by atoms with Gasteiger partial charge in [-0.3, -0.25) is 4.79 Å². The molecule has 0 amide bonds. The van der Waals surface area contributed by atoms with E-state index in [0.717, 1.165) is 25.7 Å². The monoisotopic (exact) mass is 360 g/mol. The van der Waals surface area contributed by atoms with Crippen LogP contribution in [0.1, 0.15) is 13.3 Å². The number of hydrogen-bond donors (Lipinski definition) is 0. The summed E-state index contributed by atoms with van der Waals surface area (Å²) in [6, 6.07) is 8.34. The SMILES string of the molecule is C[C@H]1C[C@H](Sc2ncnc3cc(-c4ccc(F)cc4)sc23)C(=O)O1. The standard InChI is InChI=1S/C17H13FN2O2S2/c1-9-6-14(17(21)22-9)24-16-15-12(19-8-20-16)7-13(23-15)10-2-4-11(18)5-3-10/h2-5,7-9,14H,6H2,1H3/t9-,14-/m0/s1. The highest BCUT2D eigenvalue weighted by molar-refractivity contribution is 8.00. The van der Waals surface area contributed by atoms with Crippen molar-refractivity contribution in [2.75, 3.05) is 0 Å². The molecule has 0 spiro atoms. The van der Waals surface area contributed by atoms with Gasteiger partial charge in [0.2, 0.25) is 0 Å². The van der Waals surface area contributed by atoms with Gasteiger partial charge in [0.05, 0.1) is 10.2 Å². The average molecular weight is 360 g/mol. The summed E-state index contributed by atoms with van der Waals surface area (Å²) in [4.78, 5) is 21.5. The summed E-state index contributed by atoms with van der Waals surface area (Å²) in [6.45, 7) is 1.89. The first-order chi connectivity index (χ1) is 11.6. The van der Waals surface area contributed by atoms with Crippen LogP contribution >= 0.6 is 23.1 Å². The van der Waals surface area contributed by atoms with Crippen molar-refractivity contribution in [2.45, 2.75) is 29.7 Å². The number of ether oxygens (including phenoxy) is 1. The average Bonchev–Trinajstić information content (AvgIpc) is 3.12. The van der Waals surface area contributed by atoms with E-state index in [2.05, 4.69) is 9.97 Å². The van der Waals surface area contributed by atoms with E-state index in [1.54, 1.807) is 23.5 Å². The van der Waals surface area contributed by atoms with Gasteiger partial charge in [0.1, 0.15) is 28.5 Å². The van der Waals surface area contributed by atoms with Crippen molar-refractivity contribution in [3.63, 3.8) is 0 Å². The Morgan fingerprint density at radius 3 is 2.79 bits per heavy atom. The van der Waals surface area contributed by atoms with Crippen LogP contribution in [0.25, 0.3) is 20.7 Å². The molecule has 1 fully saturated rings. The zero-order valence-corrected chi connectivity index (χ0v) is 14.4. The van der Waals surface area contributed by atoms with Crippen LogP contribution in [0.2, 0.25) is 0 Å². The first-order valence-electron chi connectivity index (χ1n) is 7.48. The normalized spacial score (nSPS) is 20.5. The molecule has 2 aromatic heterocycles. The summed E-state index contributed by atoms with van der Waals surface area (Å²) in [6.07, 6.45) is 2.14. The number of nitrogens with zero attached hydrogens (tertiary/aromatic N) is 2. The minimum Gasteiger partial charge on any atom is -0.462 e. The van der Waals surface area contributed by atoms with Gasteiger partial charge in [-0.15, -0.1) is 11.3 Å². The van der Waals surface area contributed by atoms with Gasteiger partial charge in [-0.1, -0.05) is 23.9 Å². The number of aromatic nitrogens is 2. The summed E-state index contributed by atoms with van der Waals surface area (Å²) in [5.41, 5.74) is 1.76. The second-order valence-corrected chi connectivity index (χ2v) is 7.84. The van der Waals surface area contributed by atoms with Gasteiger partial charge in [0, 0.05) is 11.3 Å². The Balaban J connectivity index is 1.69. The number of halogens is 1. The van der Waals surface area contributed by atoms with Crippen molar-refractivity contribution >= 4 is 39.3 Å². The lowest BCUT2D eigenvalue weighted by molar-refractivity contribution is -0.140. The maximum absolute atomic E-state index is 13.1. The predicted molar refractivity (Wildman–Crippen MR) is 92.6 cm³/mol. The van der Waals surface area contributed by atoms with Crippen molar-refractivity contribution in [1.29, 1.82) is 0 Å². The van der Waals surface area contributed by atoms with Crippen LogP contribution in [0.5, 0.6) is 0 Å². The molecule has 0 radical (unpaired) electrons. The Bertz CT molecular complexity index is 911. The Hall–Kier alpha value is -1.99. The van der Waals surface area contributed by atoms with Crippen molar-refractivity contribution in [2.24, 2.45) is 0 Å². The minimum absolute atomic E-state index is 0.0505. The lowest BCUT2D eigenvalue weighted by atomic mass is 10.2. The fourth-order valence-electron chi connectivity index (χ4n) is 2.62. The number of fused-ring (bicyclic) bond motifs is 1. The molecule has 1 saturated heterocycles. The smallest absolute Gasteiger partial charge is 0.319 e. The number of hydrogen-bond acceptors (Lipinski definition) is 6. The van der Waals surface area contributed by atoms with Gasteiger partial charge >= 0.3 is 5.97 Å². The van der Waals surface area contributed by atoms with E-state index in [1.165, 1.54) is 30.2 Å². The van der Waals surface area contributed by atoms with E-state index in [-0.39, 0.29) is 23.1 Å². The molecule has 0 saturated carbocycles.